The van der Waals surface area contributed by atoms with E-state index in [2.05, 4.69) is 28.2 Å². The molecule has 0 saturated heterocycles. The van der Waals surface area contributed by atoms with Crippen molar-refractivity contribution in [3.05, 3.63) is 61.1 Å². The lowest BCUT2D eigenvalue weighted by Gasteiger charge is -2.18. The highest BCUT2D eigenvalue weighted by atomic mass is 79.9. The summed E-state index contributed by atoms with van der Waals surface area (Å²) in [5.41, 5.74) is 3.96. The van der Waals surface area contributed by atoms with E-state index in [9.17, 15) is 9.59 Å². The van der Waals surface area contributed by atoms with Crippen LogP contribution < -0.4 is 5.32 Å². The quantitative estimate of drug-likeness (QED) is 0.389. The van der Waals surface area contributed by atoms with Crippen molar-refractivity contribution in [1.29, 1.82) is 0 Å². The molecule has 0 radical (unpaired) electrons. The third-order valence-electron chi connectivity index (χ3n) is 5.28. The molecule has 1 atom stereocenters. The summed E-state index contributed by atoms with van der Waals surface area (Å²) in [6, 6.07) is 7.75. The number of esters is 1. The van der Waals surface area contributed by atoms with Gasteiger partial charge in [-0.15, -0.1) is 22.7 Å². The first-order valence-electron chi connectivity index (χ1n) is 9.93. The van der Waals surface area contributed by atoms with Crippen molar-refractivity contribution in [1.82, 2.24) is 0 Å². The normalized spacial score (nSPS) is 15.5. The van der Waals surface area contributed by atoms with Gasteiger partial charge in [-0.05, 0) is 55.4 Å². The van der Waals surface area contributed by atoms with E-state index in [1.54, 1.807) is 18.3 Å². The van der Waals surface area contributed by atoms with Gasteiger partial charge in [-0.2, -0.15) is 0 Å². The Balaban J connectivity index is 1.68. The van der Waals surface area contributed by atoms with Crippen LogP contribution in [0.5, 0.6) is 0 Å². The molecule has 7 heteroatoms. The molecule has 1 amide bonds. The fourth-order valence-corrected chi connectivity index (χ4v) is 6.36. The molecule has 0 saturated carbocycles. The minimum atomic E-state index is -0.426. The monoisotopic (exact) mass is 503 g/mol. The summed E-state index contributed by atoms with van der Waals surface area (Å²) in [6.45, 7) is 4.30. The fraction of sp³-hybridized carbons (Fsp3) is 0.304. The number of carbonyl (C=O) groups is 2. The van der Waals surface area contributed by atoms with E-state index in [1.165, 1.54) is 16.2 Å². The molecule has 0 bridgehead atoms. The number of anilines is 1. The van der Waals surface area contributed by atoms with Gasteiger partial charge in [0.05, 0.1) is 12.2 Å². The largest absolute Gasteiger partial charge is 0.462 e. The van der Waals surface area contributed by atoms with Crippen LogP contribution in [0.2, 0.25) is 0 Å². The molecule has 0 unspecified atom stereocenters. The van der Waals surface area contributed by atoms with E-state index in [4.69, 9.17) is 4.74 Å². The van der Waals surface area contributed by atoms with Crippen molar-refractivity contribution >= 4 is 55.5 Å². The van der Waals surface area contributed by atoms with E-state index in [1.807, 2.05) is 35.0 Å². The minimum Gasteiger partial charge on any atom is -0.462 e. The summed E-state index contributed by atoms with van der Waals surface area (Å²) in [6.07, 6.45) is 3.07. The van der Waals surface area contributed by atoms with Crippen molar-refractivity contribution in [2.24, 2.45) is 5.92 Å². The molecule has 4 nitrogen and oxygen atoms in total. The number of thiophene rings is 2. The Morgan fingerprint density at radius 2 is 2.10 bits per heavy atom. The summed E-state index contributed by atoms with van der Waals surface area (Å²) < 4.78 is 6.22. The standard InChI is InChI=1S/C23H22BrNO3S2/c1-3-28-23(27)20-17(14-5-4-6-15(24)10-14)11-30-22(20)25-21(26)18-12-29-19-9-13(2)7-8-16(18)19/h4-6,10-13H,3,7-9H2,1-2H3,(H,25,26)/t13-/m0/s1. The van der Waals surface area contributed by atoms with E-state index in [0.29, 0.717) is 16.5 Å². The zero-order valence-electron chi connectivity index (χ0n) is 16.8. The summed E-state index contributed by atoms with van der Waals surface area (Å²) >= 11 is 6.50. The lowest BCUT2D eigenvalue weighted by Crippen LogP contribution is -2.17. The first kappa shape index (κ1) is 21.3. The molecule has 1 N–H and O–H groups in total. The molecule has 3 aromatic rings. The van der Waals surface area contributed by atoms with Gasteiger partial charge in [-0.3, -0.25) is 4.79 Å². The van der Waals surface area contributed by atoms with Gasteiger partial charge in [0, 0.05) is 25.7 Å². The Morgan fingerprint density at radius 1 is 1.27 bits per heavy atom. The van der Waals surface area contributed by atoms with Crippen LogP contribution >= 0.6 is 38.6 Å². The van der Waals surface area contributed by atoms with Gasteiger partial charge < -0.3 is 10.1 Å². The Kier molecular flexibility index (Phi) is 6.41. The van der Waals surface area contributed by atoms with Crippen LogP contribution in [-0.4, -0.2) is 18.5 Å². The smallest absolute Gasteiger partial charge is 0.341 e. The predicted octanol–water partition coefficient (Wildman–Crippen LogP) is 6.79. The molecule has 0 spiro atoms. The number of hydrogen-bond acceptors (Lipinski definition) is 5. The number of amides is 1. The first-order chi connectivity index (χ1) is 14.5. The van der Waals surface area contributed by atoms with Crippen LogP contribution in [0.1, 0.15) is 51.4 Å². The lowest BCUT2D eigenvalue weighted by molar-refractivity contribution is 0.0529. The number of ether oxygens (including phenoxy) is 1. The average Bonchev–Trinajstić information content (AvgIpc) is 3.32. The van der Waals surface area contributed by atoms with Crippen molar-refractivity contribution in [3.63, 3.8) is 0 Å². The summed E-state index contributed by atoms with van der Waals surface area (Å²) in [5.74, 6) is 0.0768. The second-order valence-electron chi connectivity index (χ2n) is 7.44. The lowest BCUT2D eigenvalue weighted by atomic mass is 9.88. The van der Waals surface area contributed by atoms with Gasteiger partial charge in [0.1, 0.15) is 10.6 Å². The number of halogens is 1. The molecule has 0 fully saturated rings. The molecule has 1 aliphatic rings. The third-order valence-corrected chi connectivity index (χ3v) is 7.72. The van der Waals surface area contributed by atoms with Crippen LogP contribution in [0.15, 0.2) is 39.5 Å². The van der Waals surface area contributed by atoms with E-state index < -0.39 is 5.97 Å². The maximum Gasteiger partial charge on any atom is 0.341 e. The zero-order chi connectivity index (χ0) is 21.3. The molecule has 1 aliphatic carbocycles. The number of nitrogens with one attached hydrogen (secondary N) is 1. The maximum atomic E-state index is 13.1. The number of fused-ring (bicyclic) bond motifs is 1. The van der Waals surface area contributed by atoms with Crippen LogP contribution in [0.25, 0.3) is 11.1 Å². The van der Waals surface area contributed by atoms with Crippen LogP contribution in [-0.2, 0) is 17.6 Å². The topological polar surface area (TPSA) is 55.4 Å². The molecule has 4 rings (SSSR count). The minimum absolute atomic E-state index is 0.157. The van der Waals surface area contributed by atoms with E-state index in [0.717, 1.165) is 46.0 Å². The van der Waals surface area contributed by atoms with Gasteiger partial charge in [0.2, 0.25) is 0 Å². The SMILES string of the molecule is CCOC(=O)c1c(-c2cccc(Br)c2)csc1NC(=O)c1csc2c1CC[C@H](C)C2. The van der Waals surface area contributed by atoms with Gasteiger partial charge >= 0.3 is 5.97 Å². The third kappa shape index (κ3) is 4.24. The van der Waals surface area contributed by atoms with Crippen molar-refractivity contribution < 1.29 is 14.3 Å². The molecule has 2 aromatic heterocycles. The van der Waals surface area contributed by atoms with Crippen molar-refractivity contribution in [2.75, 3.05) is 11.9 Å². The Morgan fingerprint density at radius 3 is 2.87 bits per heavy atom. The molecular weight excluding hydrogens is 482 g/mol. The second-order valence-corrected chi connectivity index (χ2v) is 10.2. The van der Waals surface area contributed by atoms with Gasteiger partial charge in [-0.25, -0.2) is 4.79 Å². The van der Waals surface area contributed by atoms with Gasteiger partial charge in [0.15, 0.2) is 0 Å². The molecule has 156 valence electrons. The number of rotatable bonds is 5. The van der Waals surface area contributed by atoms with E-state index >= 15 is 0 Å². The number of hydrogen-bond donors (Lipinski definition) is 1. The first-order valence-corrected chi connectivity index (χ1v) is 12.5. The van der Waals surface area contributed by atoms with Crippen LogP contribution in [0, 0.1) is 5.92 Å². The number of benzene rings is 1. The molecular formula is C23H22BrNO3S2. The summed E-state index contributed by atoms with van der Waals surface area (Å²) in [5, 5.41) is 7.36. The Hall–Kier alpha value is -1.96. The number of carbonyl (C=O) groups excluding carboxylic acids is 2. The van der Waals surface area contributed by atoms with Crippen LogP contribution in [0.4, 0.5) is 5.00 Å². The van der Waals surface area contributed by atoms with Gasteiger partial charge in [0.25, 0.3) is 5.91 Å². The van der Waals surface area contributed by atoms with Crippen LogP contribution in [0.3, 0.4) is 0 Å². The van der Waals surface area contributed by atoms with Crippen molar-refractivity contribution in [3.8, 4) is 11.1 Å². The molecule has 30 heavy (non-hydrogen) atoms. The summed E-state index contributed by atoms with van der Waals surface area (Å²) in [4.78, 5) is 27.2. The Bertz CT molecular complexity index is 1100. The second kappa shape index (κ2) is 9.04. The maximum absolute atomic E-state index is 13.1. The van der Waals surface area contributed by atoms with E-state index in [-0.39, 0.29) is 12.5 Å². The highest BCUT2D eigenvalue weighted by Gasteiger charge is 2.26. The fourth-order valence-electron chi connectivity index (χ4n) is 3.76. The molecule has 2 heterocycles. The molecule has 0 aliphatic heterocycles. The highest BCUT2D eigenvalue weighted by Crippen LogP contribution is 2.38. The zero-order valence-corrected chi connectivity index (χ0v) is 20.0. The molecule has 1 aromatic carbocycles. The van der Waals surface area contributed by atoms with Crippen molar-refractivity contribution in [2.45, 2.75) is 33.1 Å². The van der Waals surface area contributed by atoms with Gasteiger partial charge in [-0.1, -0.05) is 35.0 Å². The predicted molar refractivity (Wildman–Crippen MR) is 127 cm³/mol. The summed E-state index contributed by atoms with van der Waals surface area (Å²) in [7, 11) is 0. The average molecular weight is 504 g/mol. The highest BCUT2D eigenvalue weighted by molar-refractivity contribution is 9.10. The Labute approximate surface area is 192 Å².